The number of aromatic nitrogens is 2. The fourth-order valence-corrected chi connectivity index (χ4v) is 1.99. The largest absolute Gasteiger partial charge is 0.370 e. The first kappa shape index (κ1) is 14.2. The highest BCUT2D eigenvalue weighted by Crippen LogP contribution is 2.20. The van der Waals surface area contributed by atoms with Gasteiger partial charge in [0, 0.05) is 12.6 Å². The van der Waals surface area contributed by atoms with Crippen molar-refractivity contribution in [3.8, 4) is 0 Å². The van der Waals surface area contributed by atoms with Gasteiger partial charge < -0.3 is 10.6 Å². The van der Waals surface area contributed by atoms with Gasteiger partial charge in [-0.2, -0.15) is 0 Å². The van der Waals surface area contributed by atoms with E-state index in [2.05, 4.69) is 20.6 Å². The molecule has 2 rings (SSSR count). The van der Waals surface area contributed by atoms with Crippen LogP contribution in [0.4, 0.5) is 16.0 Å². The van der Waals surface area contributed by atoms with Crippen LogP contribution in [0.3, 0.4) is 0 Å². The van der Waals surface area contributed by atoms with Gasteiger partial charge in [0.2, 0.25) is 0 Å². The molecule has 1 atom stereocenters. The van der Waals surface area contributed by atoms with Crippen LogP contribution in [0.15, 0.2) is 30.3 Å². The zero-order chi connectivity index (χ0) is 14.5. The van der Waals surface area contributed by atoms with Crippen LogP contribution in [-0.2, 0) is 0 Å². The summed E-state index contributed by atoms with van der Waals surface area (Å²) < 4.78 is 13.2. The van der Waals surface area contributed by atoms with Gasteiger partial charge in [0.15, 0.2) is 0 Å². The van der Waals surface area contributed by atoms with Gasteiger partial charge >= 0.3 is 0 Å². The first-order valence-corrected chi connectivity index (χ1v) is 6.70. The van der Waals surface area contributed by atoms with E-state index in [-0.39, 0.29) is 11.9 Å². The van der Waals surface area contributed by atoms with Crippen molar-refractivity contribution in [2.45, 2.75) is 26.8 Å². The summed E-state index contributed by atoms with van der Waals surface area (Å²) in [6.07, 6.45) is 0. The number of hydrogen-bond acceptors (Lipinski definition) is 4. The van der Waals surface area contributed by atoms with Crippen LogP contribution in [0.5, 0.6) is 0 Å². The number of hydrogen-bond donors (Lipinski definition) is 2. The van der Waals surface area contributed by atoms with Crippen LogP contribution in [0.25, 0.3) is 0 Å². The Hall–Kier alpha value is -2.17. The monoisotopic (exact) mass is 274 g/mol. The van der Waals surface area contributed by atoms with Gasteiger partial charge in [-0.1, -0.05) is 12.1 Å². The maximum Gasteiger partial charge on any atom is 0.132 e. The first-order valence-electron chi connectivity index (χ1n) is 6.70. The quantitative estimate of drug-likeness (QED) is 0.875. The Balaban J connectivity index is 2.16. The predicted octanol–water partition coefficient (Wildman–Crippen LogP) is 3.53. The highest BCUT2D eigenvalue weighted by atomic mass is 19.1. The van der Waals surface area contributed by atoms with E-state index in [1.54, 1.807) is 6.07 Å². The van der Waals surface area contributed by atoms with E-state index < -0.39 is 0 Å². The van der Waals surface area contributed by atoms with E-state index in [1.165, 1.54) is 12.1 Å². The number of nitrogens with one attached hydrogen (secondary N) is 2. The van der Waals surface area contributed by atoms with E-state index in [0.29, 0.717) is 5.82 Å². The lowest BCUT2D eigenvalue weighted by molar-refractivity contribution is 0.623. The van der Waals surface area contributed by atoms with Gasteiger partial charge in [-0.25, -0.2) is 14.4 Å². The zero-order valence-electron chi connectivity index (χ0n) is 11.9. The molecule has 2 aromatic rings. The van der Waals surface area contributed by atoms with Gasteiger partial charge in [-0.05, 0) is 38.5 Å². The highest BCUT2D eigenvalue weighted by molar-refractivity contribution is 5.48. The summed E-state index contributed by atoms with van der Waals surface area (Å²) in [6, 6.07) is 8.38. The van der Waals surface area contributed by atoms with Crippen molar-refractivity contribution >= 4 is 11.6 Å². The van der Waals surface area contributed by atoms with Gasteiger partial charge in [0.25, 0.3) is 0 Å². The van der Waals surface area contributed by atoms with Crippen molar-refractivity contribution in [2.24, 2.45) is 0 Å². The Morgan fingerprint density at radius 2 is 1.95 bits per heavy atom. The standard InChI is InChI=1S/C15H19FN4/c1-4-17-14-9-15(20-11(3)19-14)18-10(2)12-6-5-7-13(16)8-12/h5-10H,4H2,1-3H3,(H2,17,18,19,20). The molecule has 1 aromatic carbocycles. The van der Waals surface area contributed by atoms with Gasteiger partial charge in [0.1, 0.15) is 23.3 Å². The molecule has 0 fully saturated rings. The number of anilines is 2. The fourth-order valence-electron chi connectivity index (χ4n) is 1.99. The summed E-state index contributed by atoms with van der Waals surface area (Å²) in [7, 11) is 0. The third kappa shape index (κ3) is 3.66. The minimum atomic E-state index is -0.233. The lowest BCUT2D eigenvalue weighted by Gasteiger charge is -2.16. The van der Waals surface area contributed by atoms with Crippen molar-refractivity contribution in [1.82, 2.24) is 9.97 Å². The van der Waals surface area contributed by atoms with E-state index in [0.717, 1.165) is 23.7 Å². The second-order valence-electron chi connectivity index (χ2n) is 4.64. The molecule has 0 saturated carbocycles. The molecule has 1 aromatic heterocycles. The molecule has 0 radical (unpaired) electrons. The highest BCUT2D eigenvalue weighted by Gasteiger charge is 2.08. The van der Waals surface area contributed by atoms with Crippen LogP contribution in [0.1, 0.15) is 31.3 Å². The summed E-state index contributed by atoms with van der Waals surface area (Å²) in [5.74, 6) is 1.97. The molecule has 0 aliphatic heterocycles. The average molecular weight is 274 g/mol. The van der Waals surface area contributed by atoms with Crippen LogP contribution < -0.4 is 10.6 Å². The van der Waals surface area contributed by atoms with E-state index >= 15 is 0 Å². The molecule has 0 aliphatic rings. The first-order chi connectivity index (χ1) is 9.58. The number of nitrogens with zero attached hydrogens (tertiary/aromatic N) is 2. The molecule has 2 N–H and O–H groups in total. The molecule has 1 unspecified atom stereocenters. The van der Waals surface area contributed by atoms with Gasteiger partial charge in [-0.3, -0.25) is 0 Å². The van der Waals surface area contributed by atoms with E-state index in [9.17, 15) is 4.39 Å². The van der Waals surface area contributed by atoms with Gasteiger partial charge in [0.05, 0.1) is 6.04 Å². The van der Waals surface area contributed by atoms with Crippen molar-refractivity contribution in [3.05, 3.63) is 47.5 Å². The second kappa shape index (κ2) is 6.32. The van der Waals surface area contributed by atoms with Gasteiger partial charge in [-0.15, -0.1) is 0 Å². The molecule has 0 aliphatic carbocycles. The summed E-state index contributed by atoms with van der Waals surface area (Å²) in [5, 5.41) is 6.43. The average Bonchev–Trinajstić information content (AvgIpc) is 2.38. The molecular formula is C15H19FN4. The van der Waals surface area contributed by atoms with Crippen LogP contribution in [-0.4, -0.2) is 16.5 Å². The van der Waals surface area contributed by atoms with Crippen LogP contribution in [0, 0.1) is 12.7 Å². The van der Waals surface area contributed by atoms with Crippen LogP contribution >= 0.6 is 0 Å². The van der Waals surface area contributed by atoms with E-state index in [1.807, 2.05) is 32.9 Å². The van der Waals surface area contributed by atoms with Crippen molar-refractivity contribution in [2.75, 3.05) is 17.2 Å². The molecule has 106 valence electrons. The Morgan fingerprint density at radius 1 is 1.20 bits per heavy atom. The minimum absolute atomic E-state index is 0.0329. The minimum Gasteiger partial charge on any atom is -0.370 e. The summed E-state index contributed by atoms with van der Waals surface area (Å²) in [5.41, 5.74) is 0.881. The predicted molar refractivity (Wildman–Crippen MR) is 79.4 cm³/mol. The number of aryl methyl sites for hydroxylation is 1. The molecule has 20 heavy (non-hydrogen) atoms. The molecule has 5 heteroatoms. The Morgan fingerprint density at radius 3 is 2.65 bits per heavy atom. The Bertz CT molecular complexity index is 586. The van der Waals surface area contributed by atoms with Crippen molar-refractivity contribution in [3.63, 3.8) is 0 Å². The summed E-state index contributed by atoms with van der Waals surface area (Å²) in [6.45, 7) is 6.63. The maximum absolute atomic E-state index is 13.2. The SMILES string of the molecule is CCNc1cc(NC(C)c2cccc(F)c2)nc(C)n1. The zero-order valence-corrected chi connectivity index (χ0v) is 11.9. The number of halogens is 1. The molecular weight excluding hydrogens is 255 g/mol. The summed E-state index contributed by atoms with van der Waals surface area (Å²) in [4.78, 5) is 8.64. The molecule has 0 bridgehead atoms. The maximum atomic E-state index is 13.2. The molecule has 0 saturated heterocycles. The second-order valence-corrected chi connectivity index (χ2v) is 4.64. The van der Waals surface area contributed by atoms with Crippen molar-refractivity contribution < 1.29 is 4.39 Å². The molecule has 1 heterocycles. The fraction of sp³-hybridized carbons (Fsp3) is 0.333. The lowest BCUT2D eigenvalue weighted by Crippen LogP contribution is -2.10. The summed E-state index contributed by atoms with van der Waals surface area (Å²) >= 11 is 0. The van der Waals surface area contributed by atoms with Crippen molar-refractivity contribution in [1.29, 1.82) is 0 Å². The molecule has 0 spiro atoms. The third-order valence-corrected chi connectivity index (χ3v) is 2.91. The topological polar surface area (TPSA) is 49.8 Å². The lowest BCUT2D eigenvalue weighted by atomic mass is 10.1. The van der Waals surface area contributed by atoms with E-state index in [4.69, 9.17) is 0 Å². The Kier molecular flexibility index (Phi) is 4.50. The normalized spacial score (nSPS) is 12.0. The van der Waals surface area contributed by atoms with Crippen LogP contribution in [0.2, 0.25) is 0 Å². The number of rotatable bonds is 5. The third-order valence-electron chi connectivity index (χ3n) is 2.91. The Labute approximate surface area is 118 Å². The number of benzene rings is 1. The molecule has 0 amide bonds. The molecule has 4 nitrogen and oxygen atoms in total. The smallest absolute Gasteiger partial charge is 0.132 e.